The van der Waals surface area contributed by atoms with Gasteiger partial charge in [-0.3, -0.25) is 4.18 Å². The summed E-state index contributed by atoms with van der Waals surface area (Å²) in [5.41, 5.74) is -0.679. The highest BCUT2D eigenvalue weighted by Crippen LogP contribution is 2.14. The monoisotopic (exact) mass is 184 g/mol. The summed E-state index contributed by atoms with van der Waals surface area (Å²) in [6, 6.07) is 0. The molecule has 0 saturated carbocycles. The topological polar surface area (TPSA) is 43.4 Å². The molecule has 0 N–H and O–H groups in total. The molecule has 0 bridgehead atoms. The minimum absolute atomic E-state index is 0.112. The van der Waals surface area contributed by atoms with Gasteiger partial charge in [-0.05, 0) is 19.3 Å². The van der Waals surface area contributed by atoms with Crippen LogP contribution in [0.3, 0.4) is 0 Å². The largest absolute Gasteiger partial charge is 0.355 e. The SMILES string of the molecule is [CH2]C([CH2])(C)COS(=O)(=O)Cl. The van der Waals surface area contributed by atoms with Gasteiger partial charge in [-0.25, -0.2) is 0 Å². The van der Waals surface area contributed by atoms with Crippen molar-refractivity contribution in [3.63, 3.8) is 0 Å². The molecule has 0 aliphatic rings. The molecular formula is C5H9ClO3S. The zero-order chi connectivity index (χ0) is 8.41. The molecule has 3 nitrogen and oxygen atoms in total. The molecule has 0 atom stereocenters. The van der Waals surface area contributed by atoms with Crippen LogP contribution in [0.4, 0.5) is 0 Å². The van der Waals surface area contributed by atoms with Crippen LogP contribution in [-0.2, 0) is 13.5 Å². The van der Waals surface area contributed by atoms with Crippen molar-refractivity contribution >= 4 is 20.0 Å². The van der Waals surface area contributed by atoms with E-state index in [1.165, 1.54) is 0 Å². The van der Waals surface area contributed by atoms with Crippen molar-refractivity contribution in [3.05, 3.63) is 13.8 Å². The van der Waals surface area contributed by atoms with Crippen molar-refractivity contribution in [3.8, 4) is 0 Å². The standard InChI is InChI=1S/C5H9ClO3S/c1-5(2,3)4-9-10(6,7)8/h1-2,4H2,3H3. The van der Waals surface area contributed by atoms with E-state index in [2.05, 4.69) is 18.0 Å². The lowest BCUT2D eigenvalue weighted by Crippen LogP contribution is -2.16. The van der Waals surface area contributed by atoms with Crippen molar-refractivity contribution in [2.75, 3.05) is 6.61 Å². The maximum atomic E-state index is 10.2. The first-order valence-electron chi connectivity index (χ1n) is 2.50. The molecule has 5 heteroatoms. The number of hydrogen-bond donors (Lipinski definition) is 0. The summed E-state index contributed by atoms with van der Waals surface area (Å²) in [7, 11) is 0.869. The van der Waals surface area contributed by atoms with Gasteiger partial charge in [0.15, 0.2) is 0 Å². The lowest BCUT2D eigenvalue weighted by molar-refractivity contribution is 0.251. The van der Waals surface area contributed by atoms with Crippen LogP contribution < -0.4 is 0 Å². The molecule has 0 aliphatic heterocycles. The molecule has 0 spiro atoms. The summed E-state index contributed by atoms with van der Waals surface area (Å²) < 4.78 is 24.5. The first-order chi connectivity index (χ1) is 4.21. The summed E-state index contributed by atoms with van der Waals surface area (Å²) in [4.78, 5) is 0. The van der Waals surface area contributed by atoms with Crippen LogP contribution in [0.25, 0.3) is 0 Å². The highest BCUT2D eigenvalue weighted by Gasteiger charge is 2.15. The Kier molecular flexibility index (Phi) is 3.13. The zero-order valence-corrected chi connectivity index (χ0v) is 7.20. The van der Waals surface area contributed by atoms with Gasteiger partial charge in [0, 0.05) is 10.7 Å². The summed E-state index contributed by atoms with van der Waals surface area (Å²) in [6.45, 7) is 8.55. The molecule has 0 amide bonds. The predicted octanol–water partition coefficient (Wildman–Crippen LogP) is 1.16. The van der Waals surface area contributed by atoms with E-state index in [1.54, 1.807) is 6.92 Å². The second-order valence-electron chi connectivity index (χ2n) is 2.47. The van der Waals surface area contributed by atoms with Gasteiger partial charge in [0.2, 0.25) is 0 Å². The number of halogens is 1. The molecule has 60 valence electrons. The Hall–Kier alpha value is 0.200. The third kappa shape index (κ3) is 8.20. The third-order valence-corrected chi connectivity index (χ3v) is 1.21. The van der Waals surface area contributed by atoms with Gasteiger partial charge < -0.3 is 0 Å². The fraction of sp³-hybridized carbons (Fsp3) is 0.600. The van der Waals surface area contributed by atoms with Gasteiger partial charge >= 0.3 is 9.33 Å². The lowest BCUT2D eigenvalue weighted by Gasteiger charge is -2.15. The Morgan fingerprint density at radius 1 is 1.60 bits per heavy atom. The van der Waals surface area contributed by atoms with Crippen molar-refractivity contribution < 1.29 is 12.6 Å². The molecule has 2 radical (unpaired) electrons. The van der Waals surface area contributed by atoms with Gasteiger partial charge in [0.1, 0.15) is 0 Å². The van der Waals surface area contributed by atoms with Gasteiger partial charge in [0.25, 0.3) is 0 Å². The van der Waals surface area contributed by atoms with Crippen LogP contribution in [0.5, 0.6) is 0 Å². The van der Waals surface area contributed by atoms with E-state index in [0.717, 1.165) is 0 Å². The van der Waals surface area contributed by atoms with E-state index in [0.29, 0.717) is 0 Å². The average molecular weight is 185 g/mol. The fourth-order valence-corrected chi connectivity index (χ4v) is 0.772. The molecule has 0 rings (SSSR count). The zero-order valence-electron chi connectivity index (χ0n) is 5.63. The highest BCUT2D eigenvalue weighted by molar-refractivity contribution is 8.09. The molecule has 0 heterocycles. The maximum Gasteiger partial charge on any atom is 0.355 e. The molecule has 0 aliphatic carbocycles. The van der Waals surface area contributed by atoms with E-state index < -0.39 is 14.7 Å². The second-order valence-corrected chi connectivity index (χ2v) is 4.62. The van der Waals surface area contributed by atoms with E-state index in [-0.39, 0.29) is 6.61 Å². The maximum absolute atomic E-state index is 10.2. The minimum Gasteiger partial charge on any atom is -0.257 e. The molecule has 0 unspecified atom stereocenters. The summed E-state index contributed by atoms with van der Waals surface area (Å²) in [6.07, 6.45) is 0. The normalized spacial score (nSPS) is 13.6. The number of rotatable bonds is 3. The van der Waals surface area contributed by atoms with Crippen molar-refractivity contribution in [1.82, 2.24) is 0 Å². The smallest absolute Gasteiger partial charge is 0.257 e. The van der Waals surface area contributed by atoms with Gasteiger partial charge in [-0.2, -0.15) is 8.42 Å². The molecule has 0 saturated heterocycles. The van der Waals surface area contributed by atoms with Crippen molar-refractivity contribution in [1.29, 1.82) is 0 Å². The Balaban J connectivity index is 3.79. The van der Waals surface area contributed by atoms with Crippen LogP contribution in [0, 0.1) is 19.3 Å². The van der Waals surface area contributed by atoms with E-state index in [9.17, 15) is 8.42 Å². The highest BCUT2D eigenvalue weighted by atomic mass is 35.7. The molecule has 0 aromatic rings. The minimum atomic E-state index is -3.87. The summed E-state index contributed by atoms with van der Waals surface area (Å²) in [5.74, 6) is 0. The van der Waals surface area contributed by atoms with Gasteiger partial charge in [-0.1, -0.05) is 6.92 Å². The Morgan fingerprint density at radius 3 is 2.10 bits per heavy atom. The third-order valence-electron chi connectivity index (χ3n) is 0.548. The van der Waals surface area contributed by atoms with E-state index in [4.69, 9.17) is 10.7 Å². The first-order valence-corrected chi connectivity index (χ1v) is 4.74. The van der Waals surface area contributed by atoms with Crippen LogP contribution in [0.1, 0.15) is 6.92 Å². The molecule has 0 aromatic heterocycles. The Bertz CT molecular complexity index is 189. The van der Waals surface area contributed by atoms with Gasteiger partial charge in [-0.15, -0.1) is 0 Å². The molecular weight excluding hydrogens is 176 g/mol. The van der Waals surface area contributed by atoms with Crippen molar-refractivity contribution in [2.45, 2.75) is 6.92 Å². The predicted molar refractivity (Wildman–Crippen MR) is 39.5 cm³/mol. The fourth-order valence-electron chi connectivity index (χ4n) is 0.213. The molecule has 0 aromatic carbocycles. The van der Waals surface area contributed by atoms with Crippen LogP contribution >= 0.6 is 10.7 Å². The second kappa shape index (κ2) is 3.07. The van der Waals surface area contributed by atoms with Gasteiger partial charge in [0.05, 0.1) is 6.61 Å². The van der Waals surface area contributed by atoms with E-state index >= 15 is 0 Å². The van der Waals surface area contributed by atoms with Crippen LogP contribution in [-0.4, -0.2) is 15.0 Å². The van der Waals surface area contributed by atoms with Crippen LogP contribution in [0.2, 0.25) is 0 Å². The lowest BCUT2D eigenvalue weighted by atomic mass is 9.99. The molecule has 10 heavy (non-hydrogen) atoms. The quantitative estimate of drug-likeness (QED) is 0.619. The van der Waals surface area contributed by atoms with Crippen molar-refractivity contribution in [2.24, 2.45) is 5.41 Å². The summed E-state index contributed by atoms with van der Waals surface area (Å²) >= 11 is 0. The molecule has 0 fully saturated rings. The van der Waals surface area contributed by atoms with E-state index in [1.807, 2.05) is 0 Å². The number of hydrogen-bond acceptors (Lipinski definition) is 3. The van der Waals surface area contributed by atoms with Crippen LogP contribution in [0.15, 0.2) is 0 Å². The first kappa shape index (κ1) is 10.2. The Labute approximate surface area is 66.0 Å². The average Bonchev–Trinajstić information content (AvgIpc) is 1.57. The Morgan fingerprint density at radius 2 is 2.00 bits per heavy atom. The summed E-state index contributed by atoms with van der Waals surface area (Å²) in [5, 5.41) is 0.